The van der Waals surface area contributed by atoms with Crippen LogP contribution in [-0.4, -0.2) is 24.9 Å². The van der Waals surface area contributed by atoms with Gasteiger partial charge in [0.1, 0.15) is 0 Å². The van der Waals surface area contributed by atoms with E-state index < -0.39 is 11.8 Å². The Morgan fingerprint density at radius 1 is 0.750 bits per heavy atom. The van der Waals surface area contributed by atoms with E-state index in [0.717, 1.165) is 24.2 Å². The van der Waals surface area contributed by atoms with Crippen molar-refractivity contribution in [1.29, 1.82) is 0 Å². The molecule has 28 heavy (non-hydrogen) atoms. The zero-order valence-corrected chi connectivity index (χ0v) is 15.6. The summed E-state index contributed by atoms with van der Waals surface area (Å²) in [6.45, 7) is 1.43. The molecule has 0 aliphatic heterocycles. The summed E-state index contributed by atoms with van der Waals surface area (Å²) in [6.07, 6.45) is 5.79. The summed E-state index contributed by atoms with van der Waals surface area (Å²) < 4.78 is 0. The lowest BCUT2D eigenvalue weighted by atomic mass is 10.1. The second-order valence-electron chi connectivity index (χ2n) is 6.23. The van der Waals surface area contributed by atoms with Crippen LogP contribution < -0.4 is 33.6 Å². The van der Waals surface area contributed by atoms with Crippen molar-refractivity contribution in [2.75, 3.05) is 35.2 Å². The number of amides is 2. The lowest BCUT2D eigenvalue weighted by molar-refractivity contribution is 0.0992. The van der Waals surface area contributed by atoms with Gasteiger partial charge in [0.05, 0.1) is 22.7 Å². The Kier molecular flexibility index (Phi) is 7.27. The molecule has 8 heteroatoms. The Balaban J connectivity index is 1.68. The summed E-state index contributed by atoms with van der Waals surface area (Å²) in [6, 6.07) is 9.91. The first-order valence-corrected chi connectivity index (χ1v) is 8.90. The number of nitrogens with two attached hydrogens (primary N) is 4. The van der Waals surface area contributed by atoms with Crippen molar-refractivity contribution in [3.8, 4) is 0 Å². The van der Waals surface area contributed by atoms with Crippen LogP contribution in [0, 0.1) is 0 Å². The molecule has 2 aromatic carbocycles. The Morgan fingerprint density at radius 2 is 1.14 bits per heavy atom. The fraction of sp³-hybridized carbons (Fsp3) is 0.200. The largest absolute Gasteiger partial charge is 0.397 e. The van der Waals surface area contributed by atoms with E-state index in [-0.39, 0.29) is 0 Å². The lowest BCUT2D eigenvalue weighted by Crippen LogP contribution is -2.12. The average Bonchev–Trinajstić information content (AvgIpc) is 2.65. The Labute approximate surface area is 164 Å². The van der Waals surface area contributed by atoms with Crippen LogP contribution in [0.25, 0.3) is 0 Å². The van der Waals surface area contributed by atoms with Crippen molar-refractivity contribution in [2.45, 2.75) is 12.8 Å². The van der Waals surface area contributed by atoms with Gasteiger partial charge < -0.3 is 33.6 Å². The number of nitrogen functional groups attached to an aromatic ring is 2. The highest BCUT2D eigenvalue weighted by Gasteiger charge is 2.05. The van der Waals surface area contributed by atoms with E-state index in [1.807, 2.05) is 0 Å². The molecule has 148 valence electrons. The van der Waals surface area contributed by atoms with Crippen molar-refractivity contribution in [3.05, 3.63) is 59.7 Å². The Bertz CT molecular complexity index is 807. The standard InChI is InChI=1S/C20H26N6O2/c21-15-11-13(19(23)27)5-7-17(15)25-9-3-1-2-4-10-26-18-8-6-14(20(24)28)12-16(18)22/h1-2,5-8,11-12,25-26H,3-4,9-10,21-22H2,(H2,23,27)(H2,24,28)/b2-1+. The second-order valence-corrected chi connectivity index (χ2v) is 6.23. The van der Waals surface area contributed by atoms with Crippen LogP contribution in [0.2, 0.25) is 0 Å². The van der Waals surface area contributed by atoms with Gasteiger partial charge in [0, 0.05) is 24.2 Å². The van der Waals surface area contributed by atoms with Gasteiger partial charge in [0.25, 0.3) is 0 Å². The number of nitrogens with one attached hydrogen (secondary N) is 2. The van der Waals surface area contributed by atoms with E-state index in [2.05, 4.69) is 22.8 Å². The van der Waals surface area contributed by atoms with Crippen molar-refractivity contribution in [2.24, 2.45) is 11.5 Å². The molecular weight excluding hydrogens is 356 g/mol. The molecule has 2 rings (SSSR count). The zero-order valence-electron chi connectivity index (χ0n) is 15.6. The molecule has 0 atom stereocenters. The SMILES string of the molecule is NC(=O)c1ccc(NCC/C=C/CCNc2ccc(C(N)=O)cc2N)c(N)c1. The third-order valence-corrected chi connectivity index (χ3v) is 4.09. The smallest absolute Gasteiger partial charge is 0.248 e. The lowest BCUT2D eigenvalue weighted by Gasteiger charge is -2.09. The van der Waals surface area contributed by atoms with Gasteiger partial charge in [-0.3, -0.25) is 9.59 Å². The number of hydrogen-bond acceptors (Lipinski definition) is 6. The minimum atomic E-state index is -0.500. The molecular formula is C20H26N6O2. The van der Waals surface area contributed by atoms with E-state index >= 15 is 0 Å². The molecule has 0 radical (unpaired) electrons. The molecule has 0 aliphatic rings. The monoisotopic (exact) mass is 382 g/mol. The third-order valence-electron chi connectivity index (χ3n) is 4.09. The highest BCUT2D eigenvalue weighted by atomic mass is 16.1. The summed E-state index contributed by atoms with van der Waals surface area (Å²) in [7, 11) is 0. The van der Waals surface area contributed by atoms with E-state index in [4.69, 9.17) is 22.9 Å². The van der Waals surface area contributed by atoms with Crippen LogP contribution in [0.5, 0.6) is 0 Å². The molecule has 0 heterocycles. The van der Waals surface area contributed by atoms with E-state index in [1.165, 1.54) is 0 Å². The van der Waals surface area contributed by atoms with Gasteiger partial charge in [-0.2, -0.15) is 0 Å². The molecule has 0 aliphatic carbocycles. The molecule has 0 saturated heterocycles. The molecule has 0 unspecified atom stereocenters. The molecule has 0 bridgehead atoms. The zero-order chi connectivity index (χ0) is 20.5. The molecule has 0 saturated carbocycles. The maximum atomic E-state index is 11.1. The fourth-order valence-electron chi connectivity index (χ4n) is 2.57. The van der Waals surface area contributed by atoms with Gasteiger partial charge in [0.2, 0.25) is 11.8 Å². The average molecular weight is 382 g/mol. The Morgan fingerprint density at radius 3 is 1.46 bits per heavy atom. The maximum Gasteiger partial charge on any atom is 0.248 e. The number of rotatable bonds is 10. The van der Waals surface area contributed by atoms with E-state index in [0.29, 0.717) is 35.6 Å². The third kappa shape index (κ3) is 5.94. The first-order valence-electron chi connectivity index (χ1n) is 8.90. The van der Waals surface area contributed by atoms with Crippen LogP contribution in [0.1, 0.15) is 33.6 Å². The topological polar surface area (TPSA) is 162 Å². The summed E-state index contributed by atoms with van der Waals surface area (Å²) in [5.41, 5.74) is 25.5. The molecule has 2 aromatic rings. The van der Waals surface area contributed by atoms with Gasteiger partial charge in [0.15, 0.2) is 0 Å². The summed E-state index contributed by atoms with van der Waals surface area (Å²) in [5, 5.41) is 6.44. The number of hydrogen-bond donors (Lipinski definition) is 6. The second kappa shape index (κ2) is 9.86. The van der Waals surface area contributed by atoms with Gasteiger partial charge in [-0.05, 0) is 49.2 Å². The number of anilines is 4. The maximum absolute atomic E-state index is 11.1. The number of primary amides is 2. The normalized spacial score (nSPS) is 10.7. The van der Waals surface area contributed by atoms with Gasteiger partial charge in [-0.15, -0.1) is 0 Å². The molecule has 2 amide bonds. The number of carbonyl (C=O) groups excluding carboxylic acids is 2. The highest BCUT2D eigenvalue weighted by molar-refractivity contribution is 5.95. The highest BCUT2D eigenvalue weighted by Crippen LogP contribution is 2.20. The molecule has 8 nitrogen and oxygen atoms in total. The summed E-state index contributed by atoms with van der Waals surface area (Å²) in [5.74, 6) is -0.999. The van der Waals surface area contributed by atoms with Gasteiger partial charge in [-0.1, -0.05) is 12.2 Å². The molecule has 10 N–H and O–H groups in total. The predicted molar refractivity (Wildman–Crippen MR) is 114 cm³/mol. The van der Waals surface area contributed by atoms with Crippen molar-refractivity contribution in [1.82, 2.24) is 0 Å². The minimum Gasteiger partial charge on any atom is -0.397 e. The van der Waals surface area contributed by atoms with E-state index in [9.17, 15) is 9.59 Å². The molecule has 0 spiro atoms. The van der Waals surface area contributed by atoms with Crippen LogP contribution in [0.4, 0.5) is 22.7 Å². The van der Waals surface area contributed by atoms with Crippen LogP contribution >= 0.6 is 0 Å². The van der Waals surface area contributed by atoms with Crippen LogP contribution in [0.15, 0.2) is 48.6 Å². The number of carbonyl (C=O) groups is 2. The van der Waals surface area contributed by atoms with Crippen molar-refractivity contribution >= 4 is 34.6 Å². The van der Waals surface area contributed by atoms with Crippen LogP contribution in [0.3, 0.4) is 0 Å². The minimum absolute atomic E-state index is 0.389. The first-order chi connectivity index (χ1) is 13.4. The summed E-state index contributed by atoms with van der Waals surface area (Å²) in [4.78, 5) is 22.2. The van der Waals surface area contributed by atoms with Crippen molar-refractivity contribution in [3.63, 3.8) is 0 Å². The molecule has 0 fully saturated rings. The quantitative estimate of drug-likeness (QED) is 0.209. The number of benzene rings is 2. The van der Waals surface area contributed by atoms with Crippen molar-refractivity contribution < 1.29 is 9.59 Å². The van der Waals surface area contributed by atoms with Gasteiger partial charge >= 0.3 is 0 Å². The predicted octanol–water partition coefficient (Wildman–Crippen LogP) is 1.91. The first kappa shape index (κ1) is 20.6. The van der Waals surface area contributed by atoms with E-state index in [1.54, 1.807) is 36.4 Å². The Hall–Kier alpha value is -3.68. The summed E-state index contributed by atoms with van der Waals surface area (Å²) >= 11 is 0. The van der Waals surface area contributed by atoms with Gasteiger partial charge in [-0.25, -0.2) is 0 Å². The fourth-order valence-corrected chi connectivity index (χ4v) is 2.57. The van der Waals surface area contributed by atoms with Crippen LogP contribution in [-0.2, 0) is 0 Å². The molecule has 0 aromatic heterocycles.